The average Bonchev–Trinajstić information content (AvgIpc) is 3.44. The van der Waals surface area contributed by atoms with Crippen LogP contribution in [-0.4, -0.2) is 53.1 Å². The summed E-state index contributed by atoms with van der Waals surface area (Å²) in [5.74, 6) is -0.106. The number of aliphatic imine (C=N–C) groups is 2. The van der Waals surface area contributed by atoms with Crippen LogP contribution in [-0.2, 0) is 40.1 Å². The molecule has 4 N–H and O–H groups in total. The molecule has 1 heterocycles. The summed E-state index contributed by atoms with van der Waals surface area (Å²) in [6.45, 7) is 2.77. The molecule has 0 fully saturated rings. The lowest BCUT2D eigenvalue weighted by molar-refractivity contribution is -0.120. The van der Waals surface area contributed by atoms with E-state index in [0.29, 0.717) is 36.8 Å². The van der Waals surface area contributed by atoms with Gasteiger partial charge in [0.15, 0.2) is 0 Å². The zero-order valence-electron chi connectivity index (χ0n) is 25.7. The maximum atomic E-state index is 12.6. The van der Waals surface area contributed by atoms with Crippen molar-refractivity contribution in [2.75, 3.05) is 18.9 Å². The monoisotopic (exact) mass is 617 g/mol. The van der Waals surface area contributed by atoms with Gasteiger partial charge in [0.2, 0.25) is 16.9 Å². The van der Waals surface area contributed by atoms with Crippen molar-refractivity contribution in [1.82, 2.24) is 15.5 Å². The molecule has 44 heavy (non-hydrogen) atoms. The van der Waals surface area contributed by atoms with E-state index < -0.39 is 0 Å². The number of carbonyl (C=O) groups excluding carboxylic acids is 3. The summed E-state index contributed by atoms with van der Waals surface area (Å²) in [4.78, 5) is 45.3. The molecule has 0 saturated heterocycles. The van der Waals surface area contributed by atoms with E-state index in [0.717, 1.165) is 65.9 Å². The van der Waals surface area contributed by atoms with E-state index in [1.807, 2.05) is 54.6 Å². The van der Waals surface area contributed by atoms with Crippen molar-refractivity contribution in [2.24, 2.45) is 15.7 Å². The van der Waals surface area contributed by atoms with Crippen molar-refractivity contribution in [3.05, 3.63) is 76.3 Å². The Kier molecular flexibility index (Phi) is 14.9. The average molecular weight is 618 g/mol. The summed E-state index contributed by atoms with van der Waals surface area (Å²) in [7, 11) is 1.77. The van der Waals surface area contributed by atoms with Crippen LogP contribution in [0.1, 0.15) is 73.6 Å². The third kappa shape index (κ3) is 13.4. The lowest BCUT2D eigenvalue weighted by atomic mass is 10.1. The number of nitrogens with two attached hydrogens (primary N) is 1. The molecule has 0 spiro atoms. The standard InChI is InChI=1S/C33H43N7O3S/c1-3-4-19-36-29(41)22-25-13-10-14-26(20-25)23-31(43)38-33-40-39-32(44-33)16-9-8-15-27(35-2)17-18-28(34)37-30(42)21-24-11-6-5-7-12-24/h5-7,10-14,20H,3-4,8-9,15-19,21-23H2,1-2H3,(H,36,41)(H2,34,37,42)(H,38,40,43). The number of anilines is 1. The van der Waals surface area contributed by atoms with Crippen molar-refractivity contribution >= 4 is 45.7 Å². The summed E-state index contributed by atoms with van der Waals surface area (Å²) >= 11 is 1.38. The van der Waals surface area contributed by atoms with E-state index in [1.165, 1.54) is 11.3 Å². The maximum absolute atomic E-state index is 12.6. The molecule has 0 bridgehead atoms. The minimum absolute atomic E-state index is 0.0124. The number of hydrogen-bond acceptors (Lipinski definition) is 7. The number of carbonyl (C=O) groups is 3. The van der Waals surface area contributed by atoms with Gasteiger partial charge in [-0.15, -0.1) is 10.2 Å². The number of benzene rings is 2. The van der Waals surface area contributed by atoms with Gasteiger partial charge in [0.25, 0.3) is 5.91 Å². The third-order valence-corrected chi connectivity index (χ3v) is 7.74. The molecule has 0 aliphatic carbocycles. The van der Waals surface area contributed by atoms with Crippen molar-refractivity contribution in [1.29, 1.82) is 0 Å². The van der Waals surface area contributed by atoms with Gasteiger partial charge in [0.05, 0.1) is 19.3 Å². The molecule has 3 rings (SSSR count). The number of rotatable bonds is 18. The molecule has 10 nitrogen and oxygen atoms in total. The summed E-state index contributed by atoms with van der Waals surface area (Å²) in [5.41, 5.74) is 9.66. The van der Waals surface area contributed by atoms with Gasteiger partial charge >= 0.3 is 0 Å². The lowest BCUT2D eigenvalue weighted by Gasteiger charge is -2.07. The van der Waals surface area contributed by atoms with Crippen LogP contribution >= 0.6 is 11.3 Å². The first-order valence-corrected chi connectivity index (χ1v) is 16.0. The van der Waals surface area contributed by atoms with Crippen LogP contribution in [0.4, 0.5) is 5.13 Å². The Balaban J connectivity index is 1.34. The first-order valence-electron chi connectivity index (χ1n) is 15.2. The summed E-state index contributed by atoms with van der Waals surface area (Å²) in [6.07, 6.45) is 7.27. The number of nitrogens with one attached hydrogen (secondary N) is 2. The Morgan fingerprint density at radius 3 is 2.30 bits per heavy atom. The molecule has 0 aliphatic rings. The van der Waals surface area contributed by atoms with Crippen molar-refractivity contribution in [3.63, 3.8) is 0 Å². The van der Waals surface area contributed by atoms with E-state index >= 15 is 0 Å². The Morgan fingerprint density at radius 2 is 1.57 bits per heavy atom. The molecular formula is C33H43N7O3S. The number of unbranched alkanes of at least 4 members (excludes halogenated alkanes) is 2. The predicted molar refractivity (Wildman–Crippen MR) is 177 cm³/mol. The van der Waals surface area contributed by atoms with Gasteiger partial charge in [0.1, 0.15) is 10.8 Å². The fraction of sp³-hybridized carbons (Fsp3) is 0.424. The lowest BCUT2D eigenvalue weighted by Crippen LogP contribution is -2.26. The van der Waals surface area contributed by atoms with Crippen molar-refractivity contribution in [3.8, 4) is 0 Å². The van der Waals surface area contributed by atoms with Gasteiger partial charge < -0.3 is 16.4 Å². The highest BCUT2D eigenvalue weighted by molar-refractivity contribution is 7.15. The van der Waals surface area contributed by atoms with Gasteiger partial charge in [0, 0.05) is 32.1 Å². The van der Waals surface area contributed by atoms with E-state index in [4.69, 9.17) is 5.73 Å². The Labute approximate surface area is 263 Å². The van der Waals surface area contributed by atoms with E-state index in [-0.39, 0.29) is 30.6 Å². The number of nitrogens with zero attached hydrogens (tertiary/aromatic N) is 4. The predicted octanol–water partition coefficient (Wildman–Crippen LogP) is 4.87. The third-order valence-electron chi connectivity index (χ3n) is 6.84. The maximum Gasteiger partial charge on any atom is 0.251 e. The highest BCUT2D eigenvalue weighted by atomic mass is 32.1. The van der Waals surface area contributed by atoms with Gasteiger partial charge in [-0.3, -0.25) is 19.4 Å². The molecule has 3 amide bonds. The van der Waals surface area contributed by atoms with E-state index in [1.54, 1.807) is 7.05 Å². The molecule has 11 heteroatoms. The number of hydrogen-bond donors (Lipinski definition) is 3. The van der Waals surface area contributed by atoms with Crippen LogP contribution in [0.5, 0.6) is 0 Å². The quantitative estimate of drug-likeness (QED) is 0.105. The van der Waals surface area contributed by atoms with Crippen LogP contribution in [0.3, 0.4) is 0 Å². The van der Waals surface area contributed by atoms with Crippen molar-refractivity contribution < 1.29 is 14.4 Å². The second-order valence-electron chi connectivity index (χ2n) is 10.6. The van der Waals surface area contributed by atoms with E-state index in [2.05, 4.69) is 37.7 Å². The van der Waals surface area contributed by atoms with Gasteiger partial charge in [-0.25, -0.2) is 4.99 Å². The van der Waals surface area contributed by atoms with E-state index in [9.17, 15) is 14.4 Å². The van der Waals surface area contributed by atoms with Gasteiger partial charge in [-0.2, -0.15) is 0 Å². The summed E-state index contributed by atoms with van der Waals surface area (Å²) < 4.78 is 0. The Hall–Kier alpha value is -4.25. The first-order chi connectivity index (χ1) is 21.3. The number of amides is 3. The zero-order chi connectivity index (χ0) is 31.6. The molecule has 0 aliphatic heterocycles. The fourth-order valence-electron chi connectivity index (χ4n) is 4.51. The minimum Gasteiger partial charge on any atom is -0.387 e. The molecule has 0 saturated carbocycles. The first kappa shape index (κ1) is 34.2. The highest BCUT2D eigenvalue weighted by Crippen LogP contribution is 2.18. The smallest absolute Gasteiger partial charge is 0.251 e. The molecule has 3 aromatic rings. The van der Waals surface area contributed by atoms with Crippen LogP contribution in [0, 0.1) is 0 Å². The molecule has 2 aromatic carbocycles. The summed E-state index contributed by atoms with van der Waals surface area (Å²) in [6, 6.07) is 17.0. The molecule has 0 atom stereocenters. The second-order valence-corrected chi connectivity index (χ2v) is 11.6. The zero-order valence-corrected chi connectivity index (χ0v) is 26.5. The number of aryl methyl sites for hydroxylation is 1. The summed E-state index contributed by atoms with van der Waals surface area (Å²) in [5, 5.41) is 15.4. The SMILES string of the molecule is CCCCNC(=O)Cc1cccc(CC(=O)Nc2nnc(CCCCC(CCC(N)=NC(=O)Cc3ccccc3)=NC)s2)c1. The normalized spacial score (nSPS) is 11.8. The van der Waals surface area contributed by atoms with Crippen LogP contribution < -0.4 is 16.4 Å². The Morgan fingerprint density at radius 1 is 0.841 bits per heavy atom. The van der Waals surface area contributed by atoms with Crippen LogP contribution in [0.15, 0.2) is 64.6 Å². The molecule has 0 radical (unpaired) electrons. The molecule has 1 aromatic heterocycles. The molecule has 234 valence electrons. The Bertz CT molecular complexity index is 1420. The van der Waals surface area contributed by atoms with Crippen LogP contribution in [0.25, 0.3) is 0 Å². The molecular weight excluding hydrogens is 574 g/mol. The second kappa shape index (κ2) is 19.1. The number of amidine groups is 1. The van der Waals surface area contributed by atoms with Crippen molar-refractivity contribution in [2.45, 2.75) is 77.6 Å². The largest absolute Gasteiger partial charge is 0.387 e. The number of aromatic nitrogens is 2. The van der Waals surface area contributed by atoms with Crippen LogP contribution in [0.2, 0.25) is 0 Å². The molecule has 0 unspecified atom stereocenters. The van der Waals surface area contributed by atoms with Gasteiger partial charge in [-0.1, -0.05) is 79.3 Å². The highest BCUT2D eigenvalue weighted by Gasteiger charge is 2.11. The minimum atomic E-state index is -0.246. The van der Waals surface area contributed by atoms with Gasteiger partial charge in [-0.05, 0) is 48.8 Å². The topological polar surface area (TPSA) is 152 Å². The fourth-order valence-corrected chi connectivity index (χ4v) is 5.31.